The van der Waals surface area contributed by atoms with Gasteiger partial charge in [-0.25, -0.2) is 4.98 Å². The molecule has 0 radical (unpaired) electrons. The molecule has 0 amide bonds. The first-order chi connectivity index (χ1) is 9.06. The highest BCUT2D eigenvalue weighted by Gasteiger charge is 2.18. The monoisotopic (exact) mass is 342 g/mol. The lowest BCUT2D eigenvalue weighted by atomic mass is 10.3. The number of hydrogen-bond acceptors (Lipinski definition) is 5. The number of hydrogen-bond donors (Lipinski definition) is 1. The van der Waals surface area contributed by atoms with Gasteiger partial charge in [-0.3, -0.25) is 4.79 Å². The number of nitrogens with one attached hydrogen (secondary N) is 1. The summed E-state index contributed by atoms with van der Waals surface area (Å²) in [7, 11) is 1.67. The number of likely N-dealkylation sites (N-methyl/N-ethyl adjacent to an activating group) is 1. The number of ether oxygens (including phenoxy) is 2. The maximum Gasteiger partial charge on any atom is 0.325 e. The number of esters is 1. The normalized spacial score (nSPS) is 11.6. The summed E-state index contributed by atoms with van der Waals surface area (Å²) >= 11 is 11.5. The summed E-state index contributed by atoms with van der Waals surface area (Å²) < 4.78 is 10.3. The molecule has 5 nitrogen and oxygen atoms in total. The molecular weight excluding hydrogens is 327 g/mol. The third kappa shape index (κ3) is 6.72. The summed E-state index contributed by atoms with van der Waals surface area (Å²) in [6, 6.07) is 2.70. The number of nitrogens with zero attached hydrogens (tertiary/aromatic N) is 1. The molecule has 0 fully saturated rings. The number of halogens is 3. The smallest absolute Gasteiger partial charge is 0.325 e. The average molecular weight is 344 g/mol. The molecule has 0 saturated carbocycles. The molecule has 0 aliphatic heterocycles. The van der Waals surface area contributed by atoms with Gasteiger partial charge < -0.3 is 14.8 Å². The Hall–Kier alpha value is -0.590. The number of carbonyl (C=O) groups excluding carboxylic acids is 1. The lowest BCUT2D eigenvalue weighted by Crippen LogP contribution is -2.39. The maximum atomic E-state index is 11.8. The van der Waals surface area contributed by atoms with Crippen molar-refractivity contribution >= 4 is 41.6 Å². The van der Waals surface area contributed by atoms with E-state index in [4.69, 9.17) is 32.7 Å². The first-order valence-corrected chi connectivity index (χ1v) is 6.56. The third-order valence-corrected chi connectivity index (χ3v) is 2.71. The highest BCUT2D eigenvalue weighted by Crippen LogP contribution is 2.15. The van der Waals surface area contributed by atoms with Crippen LogP contribution in [-0.2, 0) is 20.9 Å². The fraction of sp³-hybridized carbons (Fsp3) is 0.500. The molecule has 20 heavy (non-hydrogen) atoms. The Kier molecular flexibility index (Phi) is 9.88. The van der Waals surface area contributed by atoms with Crippen molar-refractivity contribution in [3.8, 4) is 0 Å². The zero-order chi connectivity index (χ0) is 14.3. The molecule has 0 bridgehead atoms. The summed E-state index contributed by atoms with van der Waals surface area (Å²) in [5.41, 5.74) is 0.685. The molecule has 0 aliphatic carbocycles. The third-order valence-electron chi connectivity index (χ3n) is 2.33. The molecule has 1 N–H and O–H groups in total. The van der Waals surface area contributed by atoms with E-state index in [-0.39, 0.29) is 41.9 Å². The molecule has 0 aromatic carbocycles. The summed E-state index contributed by atoms with van der Waals surface area (Å²) in [5, 5.41) is 3.36. The zero-order valence-corrected chi connectivity index (χ0v) is 13.5. The Morgan fingerprint density at radius 3 is 2.50 bits per heavy atom. The highest BCUT2D eigenvalue weighted by molar-refractivity contribution is 6.32. The van der Waals surface area contributed by atoms with E-state index in [9.17, 15) is 4.79 Å². The second-order valence-electron chi connectivity index (χ2n) is 3.73. The molecule has 8 heteroatoms. The quantitative estimate of drug-likeness (QED) is 0.609. The van der Waals surface area contributed by atoms with Gasteiger partial charge in [0.2, 0.25) is 0 Å². The summed E-state index contributed by atoms with van der Waals surface area (Å²) in [6.45, 7) is 2.76. The molecule has 114 valence electrons. The largest absolute Gasteiger partial charge is 0.460 e. The number of pyridine rings is 1. The Balaban J connectivity index is 0.00000361. The first-order valence-electron chi connectivity index (χ1n) is 5.80. The van der Waals surface area contributed by atoms with Crippen molar-refractivity contribution < 1.29 is 14.3 Å². The van der Waals surface area contributed by atoms with E-state index < -0.39 is 6.04 Å². The molecule has 1 rings (SSSR count). The van der Waals surface area contributed by atoms with Gasteiger partial charge in [-0.1, -0.05) is 23.2 Å². The van der Waals surface area contributed by atoms with Crippen LogP contribution in [0.1, 0.15) is 12.5 Å². The number of aromatic nitrogens is 1. The highest BCUT2D eigenvalue weighted by atomic mass is 35.5. The van der Waals surface area contributed by atoms with Gasteiger partial charge in [0.1, 0.15) is 23.0 Å². The zero-order valence-electron chi connectivity index (χ0n) is 11.2. The Morgan fingerprint density at radius 2 is 2.00 bits per heavy atom. The van der Waals surface area contributed by atoms with Crippen molar-refractivity contribution in [2.24, 2.45) is 0 Å². The van der Waals surface area contributed by atoms with Crippen LogP contribution in [0.4, 0.5) is 0 Å². The van der Waals surface area contributed by atoms with E-state index in [0.29, 0.717) is 12.2 Å². The van der Waals surface area contributed by atoms with E-state index in [1.165, 1.54) is 0 Å². The van der Waals surface area contributed by atoms with Gasteiger partial charge in [-0.2, -0.15) is 0 Å². The van der Waals surface area contributed by atoms with Crippen molar-refractivity contribution in [1.82, 2.24) is 10.3 Å². The van der Waals surface area contributed by atoms with Crippen molar-refractivity contribution in [3.05, 3.63) is 28.0 Å². The van der Waals surface area contributed by atoms with Gasteiger partial charge in [-0.15, -0.1) is 12.4 Å². The van der Waals surface area contributed by atoms with Gasteiger partial charge in [-0.05, 0) is 31.7 Å². The molecule has 0 saturated heterocycles. The van der Waals surface area contributed by atoms with Crippen LogP contribution in [-0.4, -0.2) is 37.3 Å². The van der Waals surface area contributed by atoms with Crippen LogP contribution in [0, 0.1) is 0 Å². The first kappa shape index (κ1) is 19.4. The Morgan fingerprint density at radius 1 is 1.40 bits per heavy atom. The van der Waals surface area contributed by atoms with Crippen LogP contribution in [0.2, 0.25) is 10.3 Å². The summed E-state index contributed by atoms with van der Waals surface area (Å²) in [4.78, 5) is 15.6. The van der Waals surface area contributed by atoms with Crippen molar-refractivity contribution in [1.29, 1.82) is 0 Å². The van der Waals surface area contributed by atoms with Crippen LogP contribution >= 0.6 is 35.6 Å². The fourth-order valence-electron chi connectivity index (χ4n) is 1.36. The molecule has 0 spiro atoms. The summed E-state index contributed by atoms with van der Waals surface area (Å²) in [5.74, 6) is -0.389. The lowest BCUT2D eigenvalue weighted by molar-refractivity contribution is -0.149. The van der Waals surface area contributed by atoms with E-state index in [1.54, 1.807) is 19.2 Å². The molecule has 0 aliphatic rings. The minimum atomic E-state index is -0.493. The van der Waals surface area contributed by atoms with Crippen LogP contribution in [0.25, 0.3) is 0 Å². The van der Waals surface area contributed by atoms with Crippen LogP contribution in [0.3, 0.4) is 0 Å². The van der Waals surface area contributed by atoms with Gasteiger partial charge in [0.25, 0.3) is 0 Å². The molecule has 1 aromatic rings. The SMILES string of the molecule is CCOC[C@H](NC)C(=O)OCc1cc(Cl)nc(Cl)c1.Cl. The van der Waals surface area contributed by atoms with Crippen LogP contribution < -0.4 is 5.32 Å². The molecular formula is C12H17Cl3N2O3. The van der Waals surface area contributed by atoms with Crippen molar-refractivity contribution in [3.63, 3.8) is 0 Å². The average Bonchev–Trinajstić information content (AvgIpc) is 2.36. The number of carbonyl (C=O) groups is 1. The summed E-state index contributed by atoms with van der Waals surface area (Å²) in [6.07, 6.45) is 0. The predicted molar refractivity (Wildman–Crippen MR) is 80.6 cm³/mol. The van der Waals surface area contributed by atoms with Gasteiger partial charge in [0, 0.05) is 6.61 Å². The Bertz CT molecular complexity index is 412. The molecule has 1 heterocycles. The van der Waals surface area contributed by atoms with E-state index in [2.05, 4.69) is 10.3 Å². The molecule has 1 aromatic heterocycles. The van der Waals surface area contributed by atoms with E-state index in [0.717, 1.165) is 0 Å². The van der Waals surface area contributed by atoms with Crippen molar-refractivity contribution in [2.45, 2.75) is 19.6 Å². The second-order valence-corrected chi connectivity index (χ2v) is 4.50. The maximum absolute atomic E-state index is 11.8. The minimum absolute atomic E-state index is 0. The van der Waals surface area contributed by atoms with Gasteiger partial charge in [0.05, 0.1) is 6.61 Å². The van der Waals surface area contributed by atoms with E-state index >= 15 is 0 Å². The van der Waals surface area contributed by atoms with Gasteiger partial charge in [0.15, 0.2) is 0 Å². The predicted octanol–water partition coefficient (Wildman–Crippen LogP) is 2.48. The Labute approximate surface area is 134 Å². The van der Waals surface area contributed by atoms with E-state index in [1.807, 2.05) is 6.92 Å². The van der Waals surface area contributed by atoms with Gasteiger partial charge >= 0.3 is 5.97 Å². The minimum Gasteiger partial charge on any atom is -0.460 e. The molecule has 0 unspecified atom stereocenters. The standard InChI is InChI=1S/C12H16Cl2N2O3.ClH/c1-3-18-7-9(15-2)12(17)19-6-8-4-10(13)16-11(14)5-8;/h4-5,9,15H,3,6-7H2,1-2H3;1H/t9-;/m0./s1. The number of rotatable bonds is 7. The lowest BCUT2D eigenvalue weighted by Gasteiger charge is -2.15. The topological polar surface area (TPSA) is 60.5 Å². The fourth-order valence-corrected chi connectivity index (χ4v) is 1.86. The van der Waals surface area contributed by atoms with Crippen molar-refractivity contribution in [2.75, 3.05) is 20.3 Å². The van der Waals surface area contributed by atoms with Crippen LogP contribution in [0.5, 0.6) is 0 Å². The molecule has 1 atom stereocenters. The van der Waals surface area contributed by atoms with Crippen LogP contribution in [0.15, 0.2) is 12.1 Å². The second kappa shape index (κ2) is 10.2.